The Kier molecular flexibility index (Phi) is 5.53. The second-order valence-electron chi connectivity index (χ2n) is 7.46. The molecule has 28 heavy (non-hydrogen) atoms. The maximum absolute atomic E-state index is 12.5. The standard InChI is InChI=1S/C22H24ClN3O2/c23-18-5-3-16(4-6-18)14-24-22(28)17-13-21(27)26(15-17)20-9-7-19(8-10-20)25-11-1-2-12-25/h3-10,17H,1-2,11-15H2,(H,24,28). The monoisotopic (exact) mass is 397 g/mol. The zero-order valence-electron chi connectivity index (χ0n) is 15.7. The first-order valence-corrected chi connectivity index (χ1v) is 10.2. The van der Waals surface area contributed by atoms with Gasteiger partial charge in [-0.05, 0) is 54.8 Å². The summed E-state index contributed by atoms with van der Waals surface area (Å²) in [5.41, 5.74) is 3.04. The van der Waals surface area contributed by atoms with Gasteiger partial charge in [0.05, 0.1) is 5.92 Å². The fourth-order valence-corrected chi connectivity index (χ4v) is 4.01. The second kappa shape index (κ2) is 8.23. The number of hydrogen-bond acceptors (Lipinski definition) is 3. The van der Waals surface area contributed by atoms with Crippen LogP contribution in [-0.4, -0.2) is 31.4 Å². The van der Waals surface area contributed by atoms with Crippen molar-refractivity contribution in [1.29, 1.82) is 0 Å². The van der Waals surface area contributed by atoms with Gasteiger partial charge in [-0.25, -0.2) is 0 Å². The number of carbonyl (C=O) groups is 2. The molecule has 4 rings (SSSR count). The quantitative estimate of drug-likeness (QED) is 0.838. The van der Waals surface area contributed by atoms with Crippen LogP contribution in [0.2, 0.25) is 5.02 Å². The molecule has 1 atom stereocenters. The molecule has 2 fully saturated rings. The lowest BCUT2D eigenvalue weighted by molar-refractivity contribution is -0.126. The molecule has 146 valence electrons. The summed E-state index contributed by atoms with van der Waals surface area (Å²) in [5.74, 6) is -0.405. The Hall–Kier alpha value is -2.53. The van der Waals surface area contributed by atoms with Gasteiger partial charge in [0, 0.05) is 49.0 Å². The molecule has 2 aromatic rings. The fourth-order valence-electron chi connectivity index (χ4n) is 3.89. The Morgan fingerprint density at radius 1 is 1.00 bits per heavy atom. The average molecular weight is 398 g/mol. The van der Waals surface area contributed by atoms with Crippen LogP contribution in [-0.2, 0) is 16.1 Å². The van der Waals surface area contributed by atoms with Gasteiger partial charge >= 0.3 is 0 Å². The molecule has 1 unspecified atom stereocenters. The van der Waals surface area contributed by atoms with Crippen molar-refractivity contribution in [2.24, 2.45) is 5.92 Å². The minimum absolute atomic E-state index is 0.000524. The van der Waals surface area contributed by atoms with Gasteiger partial charge in [-0.3, -0.25) is 9.59 Å². The van der Waals surface area contributed by atoms with Gasteiger partial charge in [0.15, 0.2) is 0 Å². The summed E-state index contributed by atoms with van der Waals surface area (Å²) < 4.78 is 0. The first-order valence-electron chi connectivity index (χ1n) is 9.78. The normalized spacial score (nSPS) is 19.3. The van der Waals surface area contributed by atoms with Crippen LogP contribution >= 0.6 is 11.6 Å². The lowest BCUT2D eigenvalue weighted by atomic mass is 10.1. The van der Waals surface area contributed by atoms with Gasteiger partial charge in [-0.2, -0.15) is 0 Å². The molecular weight excluding hydrogens is 374 g/mol. The third-order valence-electron chi connectivity index (χ3n) is 5.51. The molecule has 2 amide bonds. The van der Waals surface area contributed by atoms with Crippen LogP contribution in [0, 0.1) is 5.92 Å². The lowest BCUT2D eigenvalue weighted by Crippen LogP contribution is -2.32. The number of amides is 2. The van der Waals surface area contributed by atoms with Crippen LogP contribution in [0.25, 0.3) is 0 Å². The predicted molar refractivity (Wildman–Crippen MR) is 112 cm³/mol. The molecule has 2 aliphatic rings. The SMILES string of the molecule is O=C(NCc1ccc(Cl)cc1)C1CC(=O)N(c2ccc(N3CCCC3)cc2)C1. The lowest BCUT2D eigenvalue weighted by Gasteiger charge is -2.20. The van der Waals surface area contributed by atoms with Gasteiger partial charge in [0.2, 0.25) is 11.8 Å². The van der Waals surface area contributed by atoms with Crippen molar-refractivity contribution in [1.82, 2.24) is 5.32 Å². The van der Waals surface area contributed by atoms with E-state index in [1.54, 1.807) is 17.0 Å². The molecule has 0 bridgehead atoms. The van der Waals surface area contributed by atoms with Crippen molar-refractivity contribution in [2.45, 2.75) is 25.8 Å². The summed E-state index contributed by atoms with van der Waals surface area (Å²) in [4.78, 5) is 29.1. The number of anilines is 2. The third-order valence-corrected chi connectivity index (χ3v) is 5.76. The van der Waals surface area contributed by atoms with Crippen molar-refractivity contribution in [3.8, 4) is 0 Å². The molecule has 0 aliphatic carbocycles. The minimum Gasteiger partial charge on any atom is -0.372 e. The maximum Gasteiger partial charge on any atom is 0.227 e. The van der Waals surface area contributed by atoms with Crippen molar-refractivity contribution < 1.29 is 9.59 Å². The molecule has 2 heterocycles. The van der Waals surface area contributed by atoms with Crippen LogP contribution < -0.4 is 15.1 Å². The molecule has 2 aliphatic heterocycles. The van der Waals surface area contributed by atoms with Gasteiger partial charge in [-0.15, -0.1) is 0 Å². The molecule has 0 saturated carbocycles. The Bertz CT molecular complexity index is 845. The molecule has 0 spiro atoms. The Morgan fingerprint density at radius 3 is 2.32 bits per heavy atom. The Labute approximate surface area is 170 Å². The van der Waals surface area contributed by atoms with Crippen molar-refractivity contribution >= 4 is 34.8 Å². The summed E-state index contributed by atoms with van der Waals surface area (Å²) in [6, 6.07) is 15.5. The van der Waals surface area contributed by atoms with Crippen LogP contribution in [0.5, 0.6) is 0 Å². The zero-order chi connectivity index (χ0) is 19.5. The van der Waals surface area contributed by atoms with Gasteiger partial charge in [-0.1, -0.05) is 23.7 Å². The van der Waals surface area contributed by atoms with E-state index in [1.807, 2.05) is 24.3 Å². The van der Waals surface area contributed by atoms with E-state index in [4.69, 9.17) is 11.6 Å². The van der Waals surface area contributed by atoms with Crippen LogP contribution in [0.3, 0.4) is 0 Å². The van der Waals surface area contributed by atoms with E-state index >= 15 is 0 Å². The van der Waals surface area contributed by atoms with E-state index in [-0.39, 0.29) is 24.2 Å². The molecule has 1 N–H and O–H groups in total. The number of nitrogens with zero attached hydrogens (tertiary/aromatic N) is 2. The van der Waals surface area contributed by atoms with E-state index in [0.717, 1.165) is 24.3 Å². The highest BCUT2D eigenvalue weighted by Crippen LogP contribution is 2.28. The summed E-state index contributed by atoms with van der Waals surface area (Å²) in [6.45, 7) is 3.05. The van der Waals surface area contributed by atoms with Gasteiger partial charge in [0.1, 0.15) is 0 Å². The molecule has 5 nitrogen and oxygen atoms in total. The summed E-state index contributed by atoms with van der Waals surface area (Å²) in [6.07, 6.45) is 2.72. The average Bonchev–Trinajstić information content (AvgIpc) is 3.37. The van der Waals surface area contributed by atoms with Crippen LogP contribution in [0.15, 0.2) is 48.5 Å². The summed E-state index contributed by atoms with van der Waals surface area (Å²) in [5, 5.41) is 3.60. The summed E-state index contributed by atoms with van der Waals surface area (Å²) >= 11 is 5.88. The molecule has 2 saturated heterocycles. The van der Waals surface area contributed by atoms with E-state index in [2.05, 4.69) is 22.3 Å². The number of rotatable bonds is 5. The predicted octanol–water partition coefficient (Wildman–Crippen LogP) is 3.61. The van der Waals surface area contributed by atoms with Gasteiger partial charge < -0.3 is 15.1 Å². The minimum atomic E-state index is -0.321. The molecule has 2 aromatic carbocycles. The van der Waals surface area contributed by atoms with Crippen molar-refractivity contribution in [3.05, 3.63) is 59.1 Å². The Balaban J connectivity index is 1.35. The summed E-state index contributed by atoms with van der Waals surface area (Å²) in [7, 11) is 0. The highest BCUT2D eigenvalue weighted by atomic mass is 35.5. The van der Waals surface area contributed by atoms with E-state index in [0.29, 0.717) is 18.1 Å². The Morgan fingerprint density at radius 2 is 1.64 bits per heavy atom. The first-order chi connectivity index (χ1) is 13.6. The van der Waals surface area contributed by atoms with E-state index in [1.165, 1.54) is 18.5 Å². The van der Waals surface area contributed by atoms with E-state index < -0.39 is 0 Å². The number of nitrogens with one attached hydrogen (secondary N) is 1. The van der Waals surface area contributed by atoms with Crippen molar-refractivity contribution in [3.63, 3.8) is 0 Å². The number of benzene rings is 2. The zero-order valence-corrected chi connectivity index (χ0v) is 16.5. The molecule has 6 heteroatoms. The number of halogens is 1. The highest BCUT2D eigenvalue weighted by molar-refractivity contribution is 6.30. The molecule has 0 aromatic heterocycles. The molecule has 0 radical (unpaired) electrons. The highest BCUT2D eigenvalue weighted by Gasteiger charge is 2.35. The first kappa shape index (κ1) is 18.8. The number of hydrogen-bond donors (Lipinski definition) is 1. The second-order valence-corrected chi connectivity index (χ2v) is 7.90. The van der Waals surface area contributed by atoms with Crippen LogP contribution in [0.1, 0.15) is 24.8 Å². The topological polar surface area (TPSA) is 52.7 Å². The smallest absolute Gasteiger partial charge is 0.227 e. The maximum atomic E-state index is 12.5. The van der Waals surface area contributed by atoms with E-state index in [9.17, 15) is 9.59 Å². The number of carbonyl (C=O) groups excluding carboxylic acids is 2. The third kappa shape index (κ3) is 4.14. The van der Waals surface area contributed by atoms with Crippen molar-refractivity contribution in [2.75, 3.05) is 29.4 Å². The fraction of sp³-hybridized carbons (Fsp3) is 0.364. The molecular formula is C22H24ClN3O2. The van der Waals surface area contributed by atoms with Crippen LogP contribution in [0.4, 0.5) is 11.4 Å². The largest absolute Gasteiger partial charge is 0.372 e. The van der Waals surface area contributed by atoms with Gasteiger partial charge in [0.25, 0.3) is 0 Å².